The van der Waals surface area contributed by atoms with Crippen molar-refractivity contribution in [3.63, 3.8) is 0 Å². The Hall–Kier alpha value is -1.48. The molecule has 1 unspecified atom stereocenters. The summed E-state index contributed by atoms with van der Waals surface area (Å²) in [6, 6.07) is 15.6. The number of phenols is 1. The Labute approximate surface area is 109 Å². The van der Waals surface area contributed by atoms with Crippen LogP contribution in [-0.2, 0) is 0 Å². The molecule has 0 spiro atoms. The molecule has 0 aliphatic carbocycles. The summed E-state index contributed by atoms with van der Waals surface area (Å²) in [5, 5.41) is 13.0. The van der Waals surface area contributed by atoms with Crippen LogP contribution in [0.25, 0.3) is 0 Å². The predicted octanol–water partition coefficient (Wildman–Crippen LogP) is 4.33. The number of halogens is 1. The first-order valence-corrected chi connectivity index (χ1v) is 6.26. The molecule has 0 saturated heterocycles. The van der Waals surface area contributed by atoms with Crippen LogP contribution < -0.4 is 5.32 Å². The van der Waals surface area contributed by atoms with E-state index in [-0.39, 0.29) is 11.8 Å². The minimum Gasteiger partial charge on any atom is -0.506 e. The molecule has 2 nitrogen and oxygen atoms in total. The quantitative estimate of drug-likeness (QED) is 0.825. The van der Waals surface area contributed by atoms with Gasteiger partial charge in [0.05, 0.1) is 5.69 Å². The molecule has 1 atom stereocenters. The molecule has 0 fully saturated rings. The second-order valence-corrected chi connectivity index (χ2v) is 4.85. The topological polar surface area (TPSA) is 32.3 Å². The van der Waals surface area contributed by atoms with Gasteiger partial charge >= 0.3 is 0 Å². The molecule has 88 valence electrons. The van der Waals surface area contributed by atoms with Crippen LogP contribution in [0.15, 0.2) is 53.0 Å². The Bertz CT molecular complexity index is 499. The van der Waals surface area contributed by atoms with E-state index in [0.717, 1.165) is 10.2 Å². The molecule has 0 aliphatic rings. The number of anilines is 1. The van der Waals surface area contributed by atoms with Crippen molar-refractivity contribution in [1.82, 2.24) is 0 Å². The number of nitrogens with one attached hydrogen (secondary N) is 1. The predicted molar refractivity (Wildman–Crippen MR) is 74.3 cm³/mol. The number of hydrogen-bond acceptors (Lipinski definition) is 2. The van der Waals surface area contributed by atoms with Crippen LogP contribution in [-0.4, -0.2) is 5.11 Å². The molecule has 3 heteroatoms. The van der Waals surface area contributed by atoms with E-state index >= 15 is 0 Å². The second-order valence-electron chi connectivity index (χ2n) is 3.94. The third-order valence-electron chi connectivity index (χ3n) is 2.63. The summed E-state index contributed by atoms with van der Waals surface area (Å²) in [6.45, 7) is 2.07. The third-order valence-corrected chi connectivity index (χ3v) is 3.12. The zero-order valence-electron chi connectivity index (χ0n) is 9.52. The molecule has 0 amide bonds. The van der Waals surface area contributed by atoms with Crippen molar-refractivity contribution < 1.29 is 5.11 Å². The normalized spacial score (nSPS) is 12.1. The Kier molecular flexibility index (Phi) is 3.69. The number of phenolic OH excluding ortho intramolecular Hbond substituents is 1. The largest absolute Gasteiger partial charge is 0.506 e. The Morgan fingerprint density at radius 3 is 2.53 bits per heavy atom. The monoisotopic (exact) mass is 291 g/mol. The molecule has 2 rings (SSSR count). The average Bonchev–Trinajstić information content (AvgIpc) is 2.35. The fourth-order valence-corrected chi connectivity index (χ4v) is 2.04. The van der Waals surface area contributed by atoms with E-state index in [1.807, 2.05) is 30.3 Å². The lowest BCUT2D eigenvalue weighted by atomic mass is 10.1. The Morgan fingerprint density at radius 1 is 1.12 bits per heavy atom. The number of benzene rings is 2. The van der Waals surface area contributed by atoms with Gasteiger partial charge in [0.15, 0.2) is 0 Å². The smallest absolute Gasteiger partial charge is 0.138 e. The van der Waals surface area contributed by atoms with Gasteiger partial charge in [-0.15, -0.1) is 0 Å². The van der Waals surface area contributed by atoms with Gasteiger partial charge in [-0.2, -0.15) is 0 Å². The molecule has 0 aromatic heterocycles. The van der Waals surface area contributed by atoms with E-state index < -0.39 is 0 Å². The molecule has 0 radical (unpaired) electrons. The zero-order chi connectivity index (χ0) is 12.3. The molecule has 0 saturated carbocycles. The SMILES string of the molecule is CC(Nc1cc(Br)ccc1O)c1ccccc1. The fourth-order valence-electron chi connectivity index (χ4n) is 1.68. The number of hydrogen-bond donors (Lipinski definition) is 2. The minimum atomic E-state index is 0.149. The van der Waals surface area contributed by atoms with Crippen molar-refractivity contribution in [3.05, 3.63) is 58.6 Å². The van der Waals surface area contributed by atoms with Crippen molar-refractivity contribution in [3.8, 4) is 5.75 Å². The summed E-state index contributed by atoms with van der Waals surface area (Å²) in [6.07, 6.45) is 0. The first kappa shape index (κ1) is 12.0. The van der Waals surface area contributed by atoms with Crippen molar-refractivity contribution in [2.45, 2.75) is 13.0 Å². The highest BCUT2D eigenvalue weighted by atomic mass is 79.9. The van der Waals surface area contributed by atoms with Crippen LogP contribution in [0, 0.1) is 0 Å². The third kappa shape index (κ3) is 3.01. The zero-order valence-corrected chi connectivity index (χ0v) is 11.1. The van der Waals surface area contributed by atoms with E-state index in [4.69, 9.17) is 0 Å². The molecule has 0 heterocycles. The van der Waals surface area contributed by atoms with Gasteiger partial charge in [-0.05, 0) is 30.7 Å². The first-order chi connectivity index (χ1) is 8.16. The Morgan fingerprint density at radius 2 is 1.82 bits per heavy atom. The molecular formula is C14H14BrNO. The van der Waals surface area contributed by atoms with Crippen LogP contribution in [0.4, 0.5) is 5.69 Å². The number of rotatable bonds is 3. The molecule has 2 aromatic carbocycles. The van der Waals surface area contributed by atoms with Gasteiger partial charge in [-0.25, -0.2) is 0 Å². The lowest BCUT2D eigenvalue weighted by Gasteiger charge is -2.16. The highest BCUT2D eigenvalue weighted by molar-refractivity contribution is 9.10. The second kappa shape index (κ2) is 5.23. The van der Waals surface area contributed by atoms with Gasteiger partial charge in [0, 0.05) is 10.5 Å². The molecular weight excluding hydrogens is 278 g/mol. The maximum absolute atomic E-state index is 9.75. The summed E-state index contributed by atoms with van der Waals surface area (Å²) >= 11 is 3.39. The molecule has 2 N–H and O–H groups in total. The van der Waals surface area contributed by atoms with Gasteiger partial charge in [0.1, 0.15) is 5.75 Å². The molecule has 2 aromatic rings. The maximum Gasteiger partial charge on any atom is 0.138 e. The highest BCUT2D eigenvalue weighted by Gasteiger charge is 2.07. The van der Waals surface area contributed by atoms with Crippen LogP contribution >= 0.6 is 15.9 Å². The van der Waals surface area contributed by atoms with Gasteiger partial charge in [-0.3, -0.25) is 0 Å². The van der Waals surface area contributed by atoms with Gasteiger partial charge in [-0.1, -0.05) is 46.3 Å². The standard InChI is InChI=1S/C14H14BrNO/c1-10(11-5-3-2-4-6-11)16-13-9-12(15)7-8-14(13)17/h2-10,16-17H,1H3. The number of aromatic hydroxyl groups is 1. The summed E-state index contributed by atoms with van der Waals surface area (Å²) in [5.74, 6) is 0.260. The van der Waals surface area contributed by atoms with Gasteiger partial charge in [0.2, 0.25) is 0 Å². The first-order valence-electron chi connectivity index (χ1n) is 5.47. The lowest BCUT2D eigenvalue weighted by Crippen LogP contribution is -2.06. The van der Waals surface area contributed by atoms with E-state index in [1.165, 1.54) is 5.56 Å². The van der Waals surface area contributed by atoms with Crippen LogP contribution in [0.3, 0.4) is 0 Å². The van der Waals surface area contributed by atoms with Crippen LogP contribution in [0.1, 0.15) is 18.5 Å². The average molecular weight is 292 g/mol. The molecule has 0 aliphatic heterocycles. The molecule has 17 heavy (non-hydrogen) atoms. The minimum absolute atomic E-state index is 0.149. The van der Waals surface area contributed by atoms with Crippen molar-refractivity contribution in [2.24, 2.45) is 0 Å². The summed E-state index contributed by atoms with van der Waals surface area (Å²) < 4.78 is 0.943. The highest BCUT2D eigenvalue weighted by Crippen LogP contribution is 2.29. The lowest BCUT2D eigenvalue weighted by molar-refractivity contribution is 0.476. The van der Waals surface area contributed by atoms with E-state index in [9.17, 15) is 5.11 Å². The van der Waals surface area contributed by atoms with Crippen molar-refractivity contribution in [1.29, 1.82) is 0 Å². The van der Waals surface area contributed by atoms with Gasteiger partial charge in [0.25, 0.3) is 0 Å². The van der Waals surface area contributed by atoms with Crippen LogP contribution in [0.2, 0.25) is 0 Å². The van der Waals surface area contributed by atoms with Crippen LogP contribution in [0.5, 0.6) is 5.75 Å². The summed E-state index contributed by atoms with van der Waals surface area (Å²) in [4.78, 5) is 0. The Balaban J connectivity index is 2.18. The van der Waals surface area contributed by atoms with E-state index in [1.54, 1.807) is 6.07 Å². The summed E-state index contributed by atoms with van der Waals surface area (Å²) in [5.41, 5.74) is 1.92. The summed E-state index contributed by atoms with van der Waals surface area (Å²) in [7, 11) is 0. The van der Waals surface area contributed by atoms with Gasteiger partial charge < -0.3 is 10.4 Å². The van der Waals surface area contributed by atoms with Crippen molar-refractivity contribution >= 4 is 21.6 Å². The fraction of sp³-hybridized carbons (Fsp3) is 0.143. The molecule has 0 bridgehead atoms. The van der Waals surface area contributed by atoms with E-state index in [2.05, 4.69) is 40.3 Å². The van der Waals surface area contributed by atoms with E-state index in [0.29, 0.717) is 0 Å². The van der Waals surface area contributed by atoms with Crippen molar-refractivity contribution in [2.75, 3.05) is 5.32 Å². The maximum atomic E-state index is 9.75.